The first-order valence-corrected chi connectivity index (χ1v) is 9.71. The van der Waals surface area contributed by atoms with Crippen molar-refractivity contribution in [1.29, 1.82) is 0 Å². The molecule has 0 radical (unpaired) electrons. The van der Waals surface area contributed by atoms with Gasteiger partial charge in [-0.2, -0.15) is 0 Å². The highest BCUT2D eigenvalue weighted by Crippen LogP contribution is 2.30. The van der Waals surface area contributed by atoms with Crippen LogP contribution in [-0.2, 0) is 0 Å². The molecule has 0 saturated carbocycles. The monoisotopic (exact) mass is 422 g/mol. The summed E-state index contributed by atoms with van der Waals surface area (Å²) < 4.78 is 20.6. The second-order valence-corrected chi connectivity index (χ2v) is 7.14. The molecule has 5 aromatic rings. The zero-order chi connectivity index (χ0) is 22.2. The molecule has 0 fully saturated rings. The maximum Gasteiger partial charge on any atom is 0.269 e. The second-order valence-electron chi connectivity index (χ2n) is 7.14. The van der Waals surface area contributed by atoms with Crippen LogP contribution in [0.5, 0.6) is 5.75 Å². The van der Waals surface area contributed by atoms with Gasteiger partial charge in [0.2, 0.25) is 0 Å². The van der Waals surface area contributed by atoms with Crippen molar-refractivity contribution in [2.45, 2.75) is 0 Å². The SMILES string of the molecule is [C-]#[N+]c1ccc(-c2ccc3ncc4ccc(=O)n(-c5ccc(F)c(OC)c5)c4c3c2)cn1. The fourth-order valence-electron chi connectivity index (χ4n) is 3.76. The molecule has 0 aliphatic rings. The Morgan fingerprint density at radius 1 is 0.969 bits per heavy atom. The van der Waals surface area contributed by atoms with E-state index in [2.05, 4.69) is 14.8 Å². The van der Waals surface area contributed by atoms with Crippen molar-refractivity contribution < 1.29 is 9.13 Å². The van der Waals surface area contributed by atoms with Gasteiger partial charge in [0.15, 0.2) is 11.6 Å². The number of fused-ring (bicyclic) bond motifs is 3. The summed E-state index contributed by atoms with van der Waals surface area (Å²) in [5.74, 6) is -0.133. The predicted octanol–water partition coefficient (Wildman–Crippen LogP) is 5.30. The molecular formula is C25H15FN4O2. The molecular weight excluding hydrogens is 407 g/mol. The minimum atomic E-state index is -0.506. The van der Waals surface area contributed by atoms with Gasteiger partial charge >= 0.3 is 0 Å². The molecule has 0 spiro atoms. The summed E-state index contributed by atoms with van der Waals surface area (Å²) in [5.41, 5.74) is 3.30. The summed E-state index contributed by atoms with van der Waals surface area (Å²) in [6.07, 6.45) is 3.35. The molecule has 0 saturated heterocycles. The summed E-state index contributed by atoms with van der Waals surface area (Å²) in [7, 11) is 1.38. The van der Waals surface area contributed by atoms with E-state index in [0.29, 0.717) is 22.5 Å². The number of methoxy groups -OCH3 is 1. The van der Waals surface area contributed by atoms with Gasteiger partial charge in [-0.3, -0.25) is 14.3 Å². The van der Waals surface area contributed by atoms with E-state index in [1.165, 1.54) is 29.9 Å². The lowest BCUT2D eigenvalue weighted by atomic mass is 10.0. The number of aromatic nitrogens is 3. The van der Waals surface area contributed by atoms with Crippen LogP contribution in [-0.4, -0.2) is 21.6 Å². The van der Waals surface area contributed by atoms with Gasteiger partial charge in [-0.1, -0.05) is 18.7 Å². The van der Waals surface area contributed by atoms with E-state index in [4.69, 9.17) is 11.3 Å². The third-order valence-corrected chi connectivity index (χ3v) is 5.31. The third kappa shape index (κ3) is 3.15. The van der Waals surface area contributed by atoms with Crippen molar-refractivity contribution in [3.8, 4) is 22.6 Å². The lowest BCUT2D eigenvalue weighted by Gasteiger charge is -2.14. The van der Waals surface area contributed by atoms with Gasteiger partial charge in [0, 0.05) is 34.7 Å². The fourth-order valence-corrected chi connectivity index (χ4v) is 3.76. The van der Waals surface area contributed by atoms with Gasteiger partial charge in [0.25, 0.3) is 11.4 Å². The molecule has 0 aliphatic carbocycles. The van der Waals surface area contributed by atoms with Gasteiger partial charge in [0.05, 0.1) is 23.8 Å². The molecule has 5 rings (SSSR count). The van der Waals surface area contributed by atoms with Crippen LogP contribution >= 0.6 is 0 Å². The minimum Gasteiger partial charge on any atom is -0.494 e. The number of hydrogen-bond acceptors (Lipinski definition) is 4. The third-order valence-electron chi connectivity index (χ3n) is 5.31. The lowest BCUT2D eigenvalue weighted by molar-refractivity contribution is 0.386. The van der Waals surface area contributed by atoms with Crippen LogP contribution in [0.25, 0.3) is 43.5 Å². The molecule has 0 bridgehead atoms. The molecule has 6 nitrogen and oxygen atoms in total. The minimum absolute atomic E-state index is 0.0522. The van der Waals surface area contributed by atoms with Crippen LogP contribution in [0.15, 0.2) is 77.9 Å². The van der Waals surface area contributed by atoms with Crippen molar-refractivity contribution in [2.24, 2.45) is 0 Å². The van der Waals surface area contributed by atoms with Crippen molar-refractivity contribution >= 4 is 27.6 Å². The van der Waals surface area contributed by atoms with Gasteiger partial charge < -0.3 is 9.58 Å². The molecule has 3 aromatic heterocycles. The number of benzene rings is 2. The number of ether oxygens (including phenoxy) is 1. The van der Waals surface area contributed by atoms with Crippen LogP contribution in [0.1, 0.15) is 0 Å². The van der Waals surface area contributed by atoms with Crippen LogP contribution in [0.3, 0.4) is 0 Å². The van der Waals surface area contributed by atoms with E-state index in [0.717, 1.165) is 21.9 Å². The predicted molar refractivity (Wildman–Crippen MR) is 121 cm³/mol. The molecule has 7 heteroatoms. The number of halogens is 1. The highest BCUT2D eigenvalue weighted by Gasteiger charge is 2.14. The van der Waals surface area contributed by atoms with Crippen molar-refractivity contribution in [1.82, 2.24) is 14.5 Å². The largest absolute Gasteiger partial charge is 0.494 e. The van der Waals surface area contributed by atoms with Crippen molar-refractivity contribution in [3.63, 3.8) is 0 Å². The van der Waals surface area contributed by atoms with Crippen LogP contribution in [0.4, 0.5) is 10.2 Å². The first kappa shape index (κ1) is 19.4. The van der Waals surface area contributed by atoms with Gasteiger partial charge in [-0.25, -0.2) is 4.39 Å². The fraction of sp³-hybridized carbons (Fsp3) is 0.0400. The van der Waals surface area contributed by atoms with E-state index < -0.39 is 5.82 Å². The maximum atomic E-state index is 14.0. The summed E-state index contributed by atoms with van der Waals surface area (Å²) in [6.45, 7) is 7.07. The molecule has 0 atom stereocenters. The Balaban J connectivity index is 1.83. The van der Waals surface area contributed by atoms with Crippen LogP contribution < -0.4 is 10.3 Å². The quantitative estimate of drug-likeness (QED) is 0.292. The Bertz CT molecular complexity index is 1600. The molecule has 0 N–H and O–H groups in total. The Kier molecular flexibility index (Phi) is 4.61. The van der Waals surface area contributed by atoms with Crippen molar-refractivity contribution in [2.75, 3.05) is 7.11 Å². The molecule has 2 aromatic carbocycles. The number of nitrogens with zero attached hydrogens (tertiary/aromatic N) is 4. The standard InChI is InChI=1S/C25H15FN4O2/c1-27-23-9-4-16(13-29-23)15-3-8-21-19(11-15)25-17(14-28-21)5-10-24(31)30(25)18-6-7-20(26)22(12-18)32-2/h3-14H,2H3. The van der Waals surface area contributed by atoms with E-state index in [-0.39, 0.29) is 11.3 Å². The van der Waals surface area contributed by atoms with Crippen LogP contribution in [0.2, 0.25) is 0 Å². The molecule has 154 valence electrons. The van der Waals surface area contributed by atoms with E-state index >= 15 is 0 Å². The second kappa shape index (κ2) is 7.60. The molecule has 0 aliphatic heterocycles. The zero-order valence-electron chi connectivity index (χ0n) is 16.9. The Labute approximate surface area is 182 Å². The Morgan fingerprint density at radius 3 is 2.56 bits per heavy atom. The Morgan fingerprint density at radius 2 is 1.81 bits per heavy atom. The van der Waals surface area contributed by atoms with Crippen LogP contribution in [0, 0.1) is 12.4 Å². The van der Waals surface area contributed by atoms with E-state index in [1.807, 2.05) is 24.3 Å². The number of rotatable bonds is 3. The molecule has 32 heavy (non-hydrogen) atoms. The van der Waals surface area contributed by atoms with E-state index in [1.54, 1.807) is 30.6 Å². The van der Waals surface area contributed by atoms with Gasteiger partial charge in [-0.05, 0) is 42.0 Å². The normalized spacial score (nSPS) is 10.9. The molecule has 0 unspecified atom stereocenters. The van der Waals surface area contributed by atoms with Crippen molar-refractivity contribution in [3.05, 3.63) is 101 Å². The Hall–Kier alpha value is -4.57. The lowest BCUT2D eigenvalue weighted by Crippen LogP contribution is -2.18. The average Bonchev–Trinajstić information content (AvgIpc) is 2.84. The van der Waals surface area contributed by atoms with Gasteiger partial charge in [0.1, 0.15) is 6.20 Å². The molecule has 0 amide bonds. The average molecular weight is 422 g/mol. The maximum absolute atomic E-state index is 14.0. The summed E-state index contributed by atoms with van der Waals surface area (Å²) in [4.78, 5) is 25.0. The number of pyridine rings is 3. The first-order valence-electron chi connectivity index (χ1n) is 9.71. The summed E-state index contributed by atoms with van der Waals surface area (Å²) in [6, 6.07) is 16.7. The first-order chi connectivity index (χ1) is 15.6. The van der Waals surface area contributed by atoms with Gasteiger partial charge in [-0.15, -0.1) is 4.98 Å². The molecule has 3 heterocycles. The van der Waals surface area contributed by atoms with E-state index in [9.17, 15) is 9.18 Å². The smallest absolute Gasteiger partial charge is 0.269 e. The highest BCUT2D eigenvalue weighted by atomic mass is 19.1. The summed E-state index contributed by atoms with van der Waals surface area (Å²) in [5, 5.41) is 1.52. The topological polar surface area (TPSA) is 61.4 Å². The zero-order valence-corrected chi connectivity index (χ0v) is 16.9. The number of hydrogen-bond donors (Lipinski definition) is 0. The highest BCUT2D eigenvalue weighted by molar-refractivity contribution is 6.05. The summed E-state index contributed by atoms with van der Waals surface area (Å²) >= 11 is 0.